The lowest BCUT2D eigenvalue weighted by Gasteiger charge is -2.38. The largest absolute Gasteiger partial charge is 0.370 e. The zero-order chi connectivity index (χ0) is 33.3. The Bertz CT molecular complexity index is 1640. The molecule has 0 aliphatic carbocycles. The molecule has 0 radical (unpaired) electrons. The van der Waals surface area contributed by atoms with Crippen molar-refractivity contribution >= 4 is 44.6 Å². The first-order chi connectivity index (χ1) is 22.5. The van der Waals surface area contributed by atoms with Gasteiger partial charge in [0.15, 0.2) is 12.0 Å². The van der Waals surface area contributed by atoms with Gasteiger partial charge in [-0.15, -0.1) is 0 Å². The lowest BCUT2D eigenvalue weighted by Crippen LogP contribution is -2.43. The molecule has 1 N–H and O–H groups in total. The number of nitrogens with zero attached hydrogens (tertiary/aromatic N) is 5. The number of alkyl halides is 2. The molecular formula is C35H48F2N5O3S2+. The zero-order valence-electron chi connectivity index (χ0n) is 27.5. The highest BCUT2D eigenvalue weighted by atomic mass is 32.2. The molecule has 7 rings (SSSR count). The molecule has 2 aromatic rings. The number of benzene rings is 1. The molecule has 12 heteroatoms. The molecule has 256 valence electrons. The number of hydrogen-bond acceptors (Lipinski definition) is 7. The molecule has 8 nitrogen and oxygen atoms in total. The van der Waals surface area contributed by atoms with Crippen molar-refractivity contribution in [2.45, 2.75) is 83.4 Å². The van der Waals surface area contributed by atoms with E-state index >= 15 is 8.78 Å². The van der Waals surface area contributed by atoms with Crippen molar-refractivity contribution < 1.29 is 26.3 Å². The molecule has 6 heterocycles. The molecule has 0 amide bonds. The smallest absolute Gasteiger partial charge is 0.347 e. The number of aliphatic hydroxyl groups is 1. The summed E-state index contributed by atoms with van der Waals surface area (Å²) in [6.45, 7) is 7.12. The van der Waals surface area contributed by atoms with Gasteiger partial charge in [-0.1, -0.05) is 38.0 Å². The van der Waals surface area contributed by atoms with Gasteiger partial charge in [0.2, 0.25) is 6.33 Å². The van der Waals surface area contributed by atoms with Gasteiger partial charge in [0.05, 0.1) is 11.5 Å². The second-order valence-corrected chi connectivity index (χ2v) is 16.9. The normalized spacial score (nSPS) is 30.2. The number of sulfone groups is 1. The average molecular weight is 689 g/mol. The Morgan fingerprint density at radius 3 is 2.49 bits per heavy atom. The van der Waals surface area contributed by atoms with Gasteiger partial charge in [0.25, 0.3) is 5.92 Å². The van der Waals surface area contributed by atoms with Crippen molar-refractivity contribution in [2.24, 2.45) is 17.8 Å². The van der Waals surface area contributed by atoms with Gasteiger partial charge in [0, 0.05) is 35.7 Å². The minimum Gasteiger partial charge on any atom is -0.370 e. The molecule has 2 saturated heterocycles. The first-order valence-electron chi connectivity index (χ1n) is 17.1. The van der Waals surface area contributed by atoms with E-state index < -0.39 is 27.9 Å². The molecule has 5 aliphatic heterocycles. The summed E-state index contributed by atoms with van der Waals surface area (Å²) in [5, 5.41) is 11.8. The zero-order valence-corrected chi connectivity index (χ0v) is 29.2. The van der Waals surface area contributed by atoms with Gasteiger partial charge in [-0.05, 0) is 105 Å². The maximum atomic E-state index is 16.1. The third-order valence-corrected chi connectivity index (χ3v) is 13.2. The third-order valence-electron chi connectivity index (χ3n) is 10.8. The fourth-order valence-electron chi connectivity index (χ4n) is 7.92. The first kappa shape index (κ1) is 34.3. The van der Waals surface area contributed by atoms with E-state index in [0.717, 1.165) is 48.9 Å². The van der Waals surface area contributed by atoms with Gasteiger partial charge < -0.3 is 14.9 Å². The molecule has 3 atom stereocenters. The number of piperidine rings is 1. The van der Waals surface area contributed by atoms with Crippen LogP contribution in [-0.4, -0.2) is 82.1 Å². The molecule has 5 aliphatic rings. The Balaban J connectivity index is 1.41. The molecule has 1 aromatic carbocycles. The van der Waals surface area contributed by atoms with E-state index in [1.807, 2.05) is 27.9 Å². The molecule has 1 aromatic heterocycles. The van der Waals surface area contributed by atoms with Gasteiger partial charge >= 0.3 is 5.82 Å². The second-order valence-electron chi connectivity index (χ2n) is 14.0. The van der Waals surface area contributed by atoms with Crippen LogP contribution in [0.25, 0.3) is 6.08 Å². The maximum absolute atomic E-state index is 16.1. The molecule has 2 fully saturated rings. The molecular weight excluding hydrogens is 641 g/mol. The SMILES string of the molecule is C=S=[N+]1c2ncnc3c2C=C(C2CCS(=O)(=O)CC2)C(O)N3CCCCCC(C)CN2CCC(CC2)C(F)(F)c2cccc(c2)[C@H]1C. The van der Waals surface area contributed by atoms with Crippen LogP contribution in [0.5, 0.6) is 0 Å². The minimum atomic E-state index is -3.08. The van der Waals surface area contributed by atoms with Crippen LogP contribution in [0.1, 0.15) is 87.9 Å². The summed E-state index contributed by atoms with van der Waals surface area (Å²) in [6, 6.07) is 6.42. The van der Waals surface area contributed by atoms with Gasteiger partial charge in [0.1, 0.15) is 21.4 Å². The number of aliphatic hydroxyl groups excluding tert-OH is 1. The van der Waals surface area contributed by atoms with Crippen LogP contribution in [0.2, 0.25) is 0 Å². The second kappa shape index (κ2) is 14.1. The number of anilines is 1. The lowest BCUT2D eigenvalue weighted by atomic mass is 9.85. The Hall–Kier alpha value is -2.54. The minimum absolute atomic E-state index is 0.0435. The Morgan fingerprint density at radius 1 is 1.02 bits per heavy atom. The summed E-state index contributed by atoms with van der Waals surface area (Å²) in [5.74, 6) is 2.28. The standard InChI is InChI=1S/C35H48F2N5O3S2/c1-24-8-5-4-6-15-41-32-31(21-30(34(41)43)26-13-18-47(44,45)19-14-26)33(39-23-38-32)42(46-3)25(2)27-9-7-10-29(20-27)35(36,37)28-11-16-40(22-24)17-12-28/h7,9-10,20-21,23-26,28,34,43H,3-6,8,11-19,22H2,1-2H3/q+1/t24?,25-,34?/m1/s1. The van der Waals surface area contributed by atoms with E-state index in [0.29, 0.717) is 62.9 Å². The number of rotatable bonds is 1. The van der Waals surface area contributed by atoms with Gasteiger partial charge in [-0.3, -0.25) is 0 Å². The van der Waals surface area contributed by atoms with E-state index in [-0.39, 0.29) is 29.0 Å². The third kappa shape index (κ3) is 7.26. The van der Waals surface area contributed by atoms with Crippen molar-refractivity contribution in [3.8, 4) is 0 Å². The van der Waals surface area contributed by atoms with Crippen molar-refractivity contribution in [2.75, 3.05) is 42.6 Å². The quantitative estimate of drug-likeness (QED) is 0.293. The first-order valence-corrected chi connectivity index (χ1v) is 19.9. The number of aromatic nitrogens is 2. The number of fused-ring (bicyclic) bond motifs is 9. The monoisotopic (exact) mass is 688 g/mol. The van der Waals surface area contributed by atoms with Crippen LogP contribution >= 0.6 is 0 Å². The van der Waals surface area contributed by atoms with Gasteiger partial charge in [-0.25, -0.2) is 17.2 Å². The van der Waals surface area contributed by atoms with E-state index in [9.17, 15) is 13.5 Å². The maximum Gasteiger partial charge on any atom is 0.347 e. The summed E-state index contributed by atoms with van der Waals surface area (Å²) in [4.78, 5) is 13.6. The van der Waals surface area contributed by atoms with Crippen LogP contribution in [0.15, 0.2) is 36.2 Å². The lowest BCUT2D eigenvalue weighted by molar-refractivity contribution is -0.461. The highest BCUT2D eigenvalue weighted by Crippen LogP contribution is 2.44. The van der Waals surface area contributed by atoms with Crippen molar-refractivity contribution in [3.63, 3.8) is 0 Å². The van der Waals surface area contributed by atoms with Crippen molar-refractivity contribution in [3.05, 3.63) is 52.9 Å². The highest BCUT2D eigenvalue weighted by Gasteiger charge is 2.43. The highest BCUT2D eigenvalue weighted by molar-refractivity contribution is 7.91. The summed E-state index contributed by atoms with van der Waals surface area (Å²) >= 11 is 1.22. The topological polar surface area (TPSA) is 89.6 Å². The van der Waals surface area contributed by atoms with Crippen LogP contribution in [0.3, 0.4) is 0 Å². The van der Waals surface area contributed by atoms with E-state index in [1.54, 1.807) is 18.2 Å². The van der Waals surface area contributed by atoms with Gasteiger partial charge in [-0.2, -0.15) is 8.93 Å². The average Bonchev–Trinajstić information content (AvgIpc) is 3.06. The van der Waals surface area contributed by atoms with Crippen LogP contribution < -0.4 is 4.90 Å². The Labute approximate surface area is 281 Å². The van der Waals surface area contributed by atoms with Crippen LogP contribution in [0, 0.1) is 17.8 Å². The van der Waals surface area contributed by atoms with Crippen molar-refractivity contribution in [1.82, 2.24) is 14.9 Å². The molecule has 8 bridgehead atoms. The van der Waals surface area contributed by atoms with Crippen LogP contribution in [0.4, 0.5) is 20.4 Å². The van der Waals surface area contributed by atoms with Crippen LogP contribution in [-0.2, 0) is 26.9 Å². The van der Waals surface area contributed by atoms with E-state index in [4.69, 9.17) is 4.98 Å². The Kier molecular flexibility index (Phi) is 10.3. The Morgan fingerprint density at radius 2 is 1.77 bits per heavy atom. The molecule has 47 heavy (non-hydrogen) atoms. The van der Waals surface area contributed by atoms with E-state index in [2.05, 4.69) is 22.7 Å². The molecule has 0 saturated carbocycles. The fraction of sp³-hybridized carbons (Fsp3) is 0.629. The van der Waals surface area contributed by atoms with E-state index in [1.165, 1.54) is 17.5 Å². The fourth-order valence-corrected chi connectivity index (χ4v) is 10.0. The predicted molar refractivity (Wildman–Crippen MR) is 185 cm³/mol. The molecule has 0 spiro atoms. The number of halogens is 2. The summed E-state index contributed by atoms with van der Waals surface area (Å²) in [6.07, 6.45) is 8.35. The summed E-state index contributed by atoms with van der Waals surface area (Å²) in [5.41, 5.74) is 2.29. The van der Waals surface area contributed by atoms with Crippen molar-refractivity contribution in [1.29, 1.82) is 0 Å². The summed E-state index contributed by atoms with van der Waals surface area (Å²) in [7, 11) is -3.08. The summed E-state index contributed by atoms with van der Waals surface area (Å²) < 4.78 is 58.6. The number of hydrogen-bond donors (Lipinski definition) is 1. The predicted octanol–water partition coefficient (Wildman–Crippen LogP) is 5.94. The molecule has 2 unspecified atom stereocenters.